The third kappa shape index (κ3) is 3.51. The topological polar surface area (TPSA) is 12.9 Å². The molecule has 2 aromatic carbocycles. The predicted octanol–water partition coefficient (Wildman–Crippen LogP) is 6.67. The fraction of sp³-hybridized carbons (Fsp3) is 0.348. The highest BCUT2D eigenvalue weighted by molar-refractivity contribution is 5.95. The number of benzene rings is 2. The van der Waals surface area contributed by atoms with Crippen LogP contribution < -0.4 is 0 Å². The summed E-state index contributed by atoms with van der Waals surface area (Å²) in [5.41, 5.74) is 6.29. The van der Waals surface area contributed by atoms with Crippen molar-refractivity contribution < 1.29 is 0 Å². The Labute approximate surface area is 145 Å². The van der Waals surface area contributed by atoms with Gasteiger partial charge in [-0.3, -0.25) is 4.98 Å². The van der Waals surface area contributed by atoms with E-state index in [4.69, 9.17) is 0 Å². The van der Waals surface area contributed by atoms with E-state index in [0.717, 1.165) is 11.6 Å². The minimum absolute atomic E-state index is 0.590. The van der Waals surface area contributed by atoms with Crippen LogP contribution in [-0.2, 0) is 0 Å². The van der Waals surface area contributed by atoms with Gasteiger partial charge in [0.15, 0.2) is 0 Å². The molecule has 0 aliphatic carbocycles. The molecule has 3 rings (SSSR count). The molecule has 0 aliphatic rings. The van der Waals surface area contributed by atoms with Gasteiger partial charge >= 0.3 is 0 Å². The van der Waals surface area contributed by atoms with Gasteiger partial charge in [-0.25, -0.2) is 0 Å². The number of pyridine rings is 1. The van der Waals surface area contributed by atoms with Crippen molar-refractivity contribution in [2.75, 3.05) is 0 Å². The Kier molecular flexibility index (Phi) is 4.71. The van der Waals surface area contributed by atoms with E-state index in [1.54, 1.807) is 0 Å². The maximum atomic E-state index is 4.68. The molecule has 0 fully saturated rings. The van der Waals surface area contributed by atoms with Crippen molar-refractivity contribution in [1.82, 2.24) is 4.98 Å². The van der Waals surface area contributed by atoms with Crippen molar-refractivity contribution in [3.63, 3.8) is 0 Å². The van der Waals surface area contributed by atoms with E-state index in [0.29, 0.717) is 5.92 Å². The predicted molar refractivity (Wildman–Crippen MR) is 105 cm³/mol. The Balaban J connectivity index is 2.08. The Morgan fingerprint density at radius 1 is 0.875 bits per heavy atom. The molecule has 0 spiro atoms. The summed E-state index contributed by atoms with van der Waals surface area (Å²) >= 11 is 0. The van der Waals surface area contributed by atoms with Gasteiger partial charge in [-0.15, -0.1) is 0 Å². The zero-order valence-corrected chi connectivity index (χ0v) is 15.4. The average molecular weight is 317 g/mol. The van der Waals surface area contributed by atoms with E-state index in [9.17, 15) is 0 Å². The van der Waals surface area contributed by atoms with Gasteiger partial charge in [-0.2, -0.15) is 0 Å². The molecule has 1 nitrogen and oxygen atoms in total. The van der Waals surface area contributed by atoms with Crippen LogP contribution in [0.2, 0.25) is 0 Å². The van der Waals surface area contributed by atoms with Crippen molar-refractivity contribution in [3.05, 3.63) is 65.4 Å². The smallest absolute Gasteiger partial charge is 0.0780 e. The van der Waals surface area contributed by atoms with Crippen molar-refractivity contribution in [3.8, 4) is 11.3 Å². The lowest BCUT2D eigenvalue weighted by atomic mass is 9.90. The van der Waals surface area contributed by atoms with Crippen LogP contribution in [0.15, 0.2) is 48.7 Å². The largest absolute Gasteiger partial charge is 0.256 e. The second kappa shape index (κ2) is 6.76. The van der Waals surface area contributed by atoms with Gasteiger partial charge in [-0.05, 0) is 61.3 Å². The third-order valence-electron chi connectivity index (χ3n) is 4.68. The summed E-state index contributed by atoms with van der Waals surface area (Å²) in [6.45, 7) is 11.2. The first-order valence-corrected chi connectivity index (χ1v) is 8.91. The first-order chi connectivity index (χ1) is 11.4. The lowest BCUT2D eigenvalue weighted by Gasteiger charge is -2.16. The fourth-order valence-electron chi connectivity index (χ4n) is 3.69. The molecule has 24 heavy (non-hydrogen) atoms. The number of hydrogen-bond acceptors (Lipinski definition) is 1. The Morgan fingerprint density at radius 3 is 2.25 bits per heavy atom. The van der Waals surface area contributed by atoms with Gasteiger partial charge in [0.25, 0.3) is 0 Å². The summed E-state index contributed by atoms with van der Waals surface area (Å²) in [5, 5.41) is 2.52. The molecule has 1 heterocycles. The summed E-state index contributed by atoms with van der Waals surface area (Å²) in [6.07, 6.45) is 3.16. The van der Waals surface area contributed by atoms with E-state index in [1.807, 2.05) is 6.20 Å². The van der Waals surface area contributed by atoms with Crippen LogP contribution in [0.5, 0.6) is 0 Å². The van der Waals surface area contributed by atoms with Crippen LogP contribution in [0.1, 0.15) is 49.8 Å². The van der Waals surface area contributed by atoms with Crippen LogP contribution in [0, 0.1) is 19.8 Å². The lowest BCUT2D eigenvalue weighted by Crippen LogP contribution is -1.99. The molecule has 0 saturated carbocycles. The van der Waals surface area contributed by atoms with Gasteiger partial charge in [0.1, 0.15) is 0 Å². The van der Waals surface area contributed by atoms with E-state index in [2.05, 4.69) is 82.1 Å². The molecule has 1 heteroatoms. The number of nitrogens with zero attached hydrogens (tertiary/aromatic N) is 1. The van der Waals surface area contributed by atoms with Crippen molar-refractivity contribution in [2.45, 2.75) is 47.0 Å². The maximum Gasteiger partial charge on any atom is 0.0780 e. The van der Waals surface area contributed by atoms with Gasteiger partial charge in [0, 0.05) is 17.1 Å². The molecule has 0 bridgehead atoms. The number of aryl methyl sites for hydroxylation is 2. The zero-order chi connectivity index (χ0) is 17.3. The second-order valence-electron chi connectivity index (χ2n) is 7.55. The van der Waals surface area contributed by atoms with Crippen LogP contribution in [0.25, 0.3) is 22.0 Å². The van der Waals surface area contributed by atoms with Crippen LogP contribution in [0.3, 0.4) is 0 Å². The maximum absolute atomic E-state index is 4.68. The standard InChI is InChI=1S/C23H27N/c1-15(2)10-18(5)19-6-7-22-20(14-19)8-9-24-23(22)21-12-16(3)11-17(4)13-21/h6-9,11-15,18H,10H2,1-5H3. The molecular weight excluding hydrogens is 290 g/mol. The quantitative estimate of drug-likeness (QED) is 0.523. The minimum Gasteiger partial charge on any atom is -0.256 e. The summed E-state index contributed by atoms with van der Waals surface area (Å²) in [5.74, 6) is 1.31. The van der Waals surface area contributed by atoms with Crippen LogP contribution in [-0.4, -0.2) is 4.98 Å². The van der Waals surface area contributed by atoms with Gasteiger partial charge in [0.05, 0.1) is 5.69 Å². The molecule has 0 saturated heterocycles. The average Bonchev–Trinajstić information content (AvgIpc) is 2.52. The van der Waals surface area contributed by atoms with E-state index in [-0.39, 0.29) is 0 Å². The minimum atomic E-state index is 0.590. The molecule has 3 aromatic rings. The summed E-state index contributed by atoms with van der Waals surface area (Å²) < 4.78 is 0. The Bertz CT molecular complexity index is 841. The third-order valence-corrected chi connectivity index (χ3v) is 4.68. The molecule has 124 valence electrons. The molecule has 0 amide bonds. The number of rotatable bonds is 4. The normalized spacial score (nSPS) is 12.8. The lowest BCUT2D eigenvalue weighted by molar-refractivity contribution is 0.524. The zero-order valence-electron chi connectivity index (χ0n) is 15.4. The summed E-state index contributed by atoms with van der Waals surface area (Å²) in [4.78, 5) is 4.68. The molecule has 0 aliphatic heterocycles. The molecule has 1 aromatic heterocycles. The highest BCUT2D eigenvalue weighted by atomic mass is 14.7. The number of aromatic nitrogens is 1. The molecule has 0 N–H and O–H groups in total. The van der Waals surface area contributed by atoms with Crippen LogP contribution in [0.4, 0.5) is 0 Å². The molecular formula is C23H27N. The molecule has 1 atom stereocenters. The van der Waals surface area contributed by atoms with E-state index in [1.165, 1.54) is 39.4 Å². The first kappa shape index (κ1) is 16.7. The fourth-order valence-corrected chi connectivity index (χ4v) is 3.69. The van der Waals surface area contributed by atoms with E-state index < -0.39 is 0 Å². The SMILES string of the molecule is Cc1cc(C)cc(-c2nccc3cc(C(C)CC(C)C)ccc23)c1. The monoisotopic (exact) mass is 317 g/mol. The van der Waals surface area contributed by atoms with Gasteiger partial charge in [0.2, 0.25) is 0 Å². The van der Waals surface area contributed by atoms with Crippen molar-refractivity contribution >= 4 is 10.8 Å². The molecule has 1 unspecified atom stereocenters. The van der Waals surface area contributed by atoms with Crippen molar-refractivity contribution in [1.29, 1.82) is 0 Å². The summed E-state index contributed by atoms with van der Waals surface area (Å²) in [6, 6.07) is 15.7. The van der Waals surface area contributed by atoms with Gasteiger partial charge in [-0.1, -0.05) is 56.2 Å². The highest BCUT2D eigenvalue weighted by Crippen LogP contribution is 2.31. The first-order valence-electron chi connectivity index (χ1n) is 8.91. The number of hydrogen-bond donors (Lipinski definition) is 0. The van der Waals surface area contributed by atoms with Gasteiger partial charge < -0.3 is 0 Å². The summed E-state index contributed by atoms with van der Waals surface area (Å²) in [7, 11) is 0. The van der Waals surface area contributed by atoms with E-state index >= 15 is 0 Å². The Morgan fingerprint density at radius 2 is 1.58 bits per heavy atom. The van der Waals surface area contributed by atoms with Crippen LogP contribution >= 0.6 is 0 Å². The second-order valence-corrected chi connectivity index (χ2v) is 7.55. The highest BCUT2D eigenvalue weighted by Gasteiger charge is 2.11. The molecule has 0 radical (unpaired) electrons. The number of fused-ring (bicyclic) bond motifs is 1. The van der Waals surface area contributed by atoms with Crippen molar-refractivity contribution in [2.24, 2.45) is 5.92 Å². The Hall–Kier alpha value is -2.15.